The van der Waals surface area contributed by atoms with Crippen LogP contribution >= 0.6 is 0 Å². The van der Waals surface area contributed by atoms with Crippen LogP contribution in [0.5, 0.6) is 0 Å². The number of hydrogen-bond acceptors (Lipinski definition) is 5. The third-order valence-electron chi connectivity index (χ3n) is 3.67. The zero-order valence-corrected chi connectivity index (χ0v) is 12.8. The number of anilines is 2. The molecule has 0 aliphatic carbocycles. The van der Waals surface area contributed by atoms with Gasteiger partial charge in [0.1, 0.15) is 0 Å². The molecule has 0 atom stereocenters. The molecule has 1 saturated heterocycles. The molecule has 1 amide bonds. The second-order valence-corrected chi connectivity index (χ2v) is 5.60. The zero-order chi connectivity index (χ0) is 15.4. The smallest absolute Gasteiger partial charge is 0.227 e. The normalized spacial score (nSPS) is 15.9. The topological polar surface area (TPSA) is 61.4 Å². The van der Waals surface area contributed by atoms with Crippen LogP contribution in [0.1, 0.15) is 19.8 Å². The number of carbonyl (C=O) groups is 1. The minimum absolute atomic E-state index is 0.00919. The predicted octanol–water partition coefficient (Wildman–Crippen LogP) is 1.03. The van der Waals surface area contributed by atoms with Crippen LogP contribution in [0.25, 0.3) is 0 Å². The molecule has 0 radical (unpaired) electrons. The standard InChI is InChI=1S/C14H22FN5O/c1-10(21)16-8-11-4-6-20(7-5-11)14-17-9-12(15)13(18-14)19(2)3/h9,11H,4-8H2,1-3H3,(H,16,21). The molecular formula is C14H22FN5O. The SMILES string of the molecule is CC(=O)NCC1CCN(c2ncc(F)c(N(C)C)n2)CC1. The van der Waals surface area contributed by atoms with Crippen molar-refractivity contribution in [2.45, 2.75) is 19.8 Å². The van der Waals surface area contributed by atoms with E-state index in [1.165, 1.54) is 13.1 Å². The van der Waals surface area contributed by atoms with Gasteiger partial charge in [-0.05, 0) is 18.8 Å². The average Bonchev–Trinajstić information content (AvgIpc) is 2.46. The number of hydrogen-bond donors (Lipinski definition) is 1. The number of nitrogens with zero attached hydrogens (tertiary/aromatic N) is 4. The molecule has 116 valence electrons. The lowest BCUT2D eigenvalue weighted by Crippen LogP contribution is -2.39. The zero-order valence-electron chi connectivity index (χ0n) is 12.8. The third kappa shape index (κ3) is 4.03. The summed E-state index contributed by atoms with van der Waals surface area (Å²) in [5.74, 6) is 0.955. The van der Waals surface area contributed by atoms with Gasteiger partial charge >= 0.3 is 0 Å². The molecule has 1 aromatic heterocycles. The van der Waals surface area contributed by atoms with Gasteiger partial charge in [-0.2, -0.15) is 4.98 Å². The molecule has 0 bridgehead atoms. The van der Waals surface area contributed by atoms with Crippen molar-refractivity contribution < 1.29 is 9.18 Å². The summed E-state index contributed by atoms with van der Waals surface area (Å²) in [6.45, 7) is 3.90. The van der Waals surface area contributed by atoms with Crippen LogP contribution in [-0.2, 0) is 4.79 Å². The van der Waals surface area contributed by atoms with Crippen molar-refractivity contribution in [3.63, 3.8) is 0 Å². The predicted molar refractivity (Wildman–Crippen MR) is 79.9 cm³/mol. The van der Waals surface area contributed by atoms with Crippen LogP contribution < -0.4 is 15.1 Å². The molecule has 2 heterocycles. The third-order valence-corrected chi connectivity index (χ3v) is 3.67. The Morgan fingerprint density at radius 2 is 2.14 bits per heavy atom. The van der Waals surface area contributed by atoms with Gasteiger partial charge in [-0.1, -0.05) is 0 Å². The van der Waals surface area contributed by atoms with Gasteiger partial charge in [-0.3, -0.25) is 4.79 Å². The van der Waals surface area contributed by atoms with Gasteiger partial charge < -0.3 is 15.1 Å². The number of rotatable bonds is 4. The van der Waals surface area contributed by atoms with Crippen LogP contribution in [0, 0.1) is 11.7 Å². The van der Waals surface area contributed by atoms with Gasteiger partial charge in [0.2, 0.25) is 11.9 Å². The molecule has 1 fully saturated rings. The number of aromatic nitrogens is 2. The quantitative estimate of drug-likeness (QED) is 0.899. The van der Waals surface area contributed by atoms with Crippen LogP contribution in [-0.4, -0.2) is 49.6 Å². The van der Waals surface area contributed by atoms with E-state index in [4.69, 9.17) is 0 Å². The van der Waals surface area contributed by atoms with E-state index in [0.717, 1.165) is 32.5 Å². The van der Waals surface area contributed by atoms with Crippen LogP contribution in [0.15, 0.2) is 6.20 Å². The van der Waals surface area contributed by atoms with Gasteiger partial charge in [0, 0.05) is 40.7 Å². The molecule has 1 aliphatic heterocycles. The van der Waals surface area contributed by atoms with Crippen LogP contribution in [0.2, 0.25) is 0 Å². The fourth-order valence-corrected chi connectivity index (χ4v) is 2.44. The second-order valence-electron chi connectivity index (χ2n) is 5.60. The highest BCUT2D eigenvalue weighted by molar-refractivity contribution is 5.72. The Morgan fingerprint density at radius 3 is 2.71 bits per heavy atom. The summed E-state index contributed by atoms with van der Waals surface area (Å²) < 4.78 is 13.6. The van der Waals surface area contributed by atoms with Gasteiger partial charge in [0.25, 0.3) is 0 Å². The summed E-state index contributed by atoms with van der Waals surface area (Å²) in [6.07, 6.45) is 3.16. The largest absolute Gasteiger partial charge is 0.360 e. The van der Waals surface area contributed by atoms with Crippen LogP contribution in [0.3, 0.4) is 0 Å². The lowest BCUT2D eigenvalue weighted by Gasteiger charge is -2.32. The maximum absolute atomic E-state index is 13.6. The Labute approximate surface area is 124 Å². The number of piperidine rings is 1. The summed E-state index contributed by atoms with van der Waals surface area (Å²) >= 11 is 0. The summed E-state index contributed by atoms with van der Waals surface area (Å²) in [4.78, 5) is 23.0. The van der Waals surface area contributed by atoms with Gasteiger partial charge in [0.15, 0.2) is 11.6 Å². The first-order chi connectivity index (χ1) is 9.97. The van der Waals surface area contributed by atoms with Crippen molar-refractivity contribution in [1.82, 2.24) is 15.3 Å². The molecule has 0 aromatic carbocycles. The summed E-state index contributed by atoms with van der Waals surface area (Å²) in [7, 11) is 3.52. The number of halogens is 1. The molecule has 0 unspecified atom stereocenters. The van der Waals surface area contributed by atoms with Gasteiger partial charge in [-0.15, -0.1) is 0 Å². The minimum Gasteiger partial charge on any atom is -0.360 e. The van der Waals surface area contributed by atoms with Crippen molar-refractivity contribution >= 4 is 17.7 Å². The highest BCUT2D eigenvalue weighted by Crippen LogP contribution is 2.22. The van der Waals surface area contributed by atoms with Crippen molar-refractivity contribution in [2.24, 2.45) is 5.92 Å². The van der Waals surface area contributed by atoms with Crippen molar-refractivity contribution in [3.8, 4) is 0 Å². The summed E-state index contributed by atoms with van der Waals surface area (Å²) in [5.41, 5.74) is 0. The first-order valence-electron chi connectivity index (χ1n) is 7.16. The molecule has 1 aliphatic rings. The second kappa shape index (κ2) is 6.69. The van der Waals surface area contributed by atoms with E-state index < -0.39 is 5.82 Å². The summed E-state index contributed by atoms with van der Waals surface area (Å²) in [5, 5.41) is 2.86. The van der Waals surface area contributed by atoms with E-state index in [2.05, 4.69) is 20.2 Å². The maximum Gasteiger partial charge on any atom is 0.227 e. The van der Waals surface area contributed by atoms with E-state index in [1.54, 1.807) is 19.0 Å². The lowest BCUT2D eigenvalue weighted by molar-refractivity contribution is -0.119. The average molecular weight is 295 g/mol. The summed E-state index contributed by atoms with van der Waals surface area (Å²) in [6, 6.07) is 0. The molecule has 21 heavy (non-hydrogen) atoms. The monoisotopic (exact) mass is 295 g/mol. The molecule has 7 heteroatoms. The van der Waals surface area contributed by atoms with Gasteiger partial charge in [-0.25, -0.2) is 9.37 Å². The Balaban J connectivity index is 1.96. The highest BCUT2D eigenvalue weighted by Gasteiger charge is 2.22. The minimum atomic E-state index is -0.413. The molecule has 1 aromatic rings. The van der Waals surface area contributed by atoms with E-state index in [1.807, 2.05) is 0 Å². The maximum atomic E-state index is 13.6. The van der Waals surface area contributed by atoms with Gasteiger partial charge in [0.05, 0.1) is 6.20 Å². The van der Waals surface area contributed by atoms with Crippen molar-refractivity contribution in [1.29, 1.82) is 0 Å². The van der Waals surface area contributed by atoms with E-state index in [-0.39, 0.29) is 5.91 Å². The highest BCUT2D eigenvalue weighted by atomic mass is 19.1. The first kappa shape index (κ1) is 15.5. The Hall–Kier alpha value is -1.92. The number of amides is 1. The van der Waals surface area contributed by atoms with Crippen molar-refractivity contribution in [3.05, 3.63) is 12.0 Å². The first-order valence-corrected chi connectivity index (χ1v) is 7.16. The van der Waals surface area contributed by atoms with E-state index in [0.29, 0.717) is 17.7 Å². The van der Waals surface area contributed by atoms with Crippen LogP contribution in [0.4, 0.5) is 16.2 Å². The molecule has 0 saturated carbocycles. The fourth-order valence-electron chi connectivity index (χ4n) is 2.44. The van der Waals surface area contributed by atoms with E-state index >= 15 is 0 Å². The molecule has 1 N–H and O–H groups in total. The number of carbonyl (C=O) groups excluding carboxylic acids is 1. The fraction of sp³-hybridized carbons (Fsp3) is 0.643. The van der Waals surface area contributed by atoms with Crippen molar-refractivity contribution in [2.75, 3.05) is 43.5 Å². The molecule has 0 spiro atoms. The molecule has 6 nitrogen and oxygen atoms in total. The Kier molecular flexibility index (Phi) is 4.93. The van der Waals surface area contributed by atoms with E-state index in [9.17, 15) is 9.18 Å². The Bertz CT molecular complexity index is 500. The number of nitrogens with one attached hydrogen (secondary N) is 1. The lowest BCUT2D eigenvalue weighted by atomic mass is 9.97. The Morgan fingerprint density at radius 1 is 1.48 bits per heavy atom. The molecule has 2 rings (SSSR count). The molecular weight excluding hydrogens is 273 g/mol.